The molecule has 6 aromatic carbocycles. The minimum absolute atomic E-state index is 0.0161. The number of nitrogens with zero attached hydrogens (tertiary/aromatic N) is 2. The average Bonchev–Trinajstić information content (AvgIpc) is 3.62. The van der Waals surface area contributed by atoms with Gasteiger partial charge in [-0.15, -0.1) is 0 Å². The Bertz CT molecular complexity index is 2240. The fourth-order valence-electron chi connectivity index (χ4n) is 6.22. The summed E-state index contributed by atoms with van der Waals surface area (Å²) in [6.45, 7) is 0. The lowest BCUT2D eigenvalue weighted by Gasteiger charge is -2.13. The molecule has 0 saturated carbocycles. The highest BCUT2D eigenvalue weighted by Crippen LogP contribution is 2.41. The van der Waals surface area contributed by atoms with Gasteiger partial charge in [-0.2, -0.15) is 0 Å². The maximum absolute atomic E-state index is 13.5. The molecule has 2 heterocycles. The zero-order valence-corrected chi connectivity index (χ0v) is 22.8. The Balaban J connectivity index is 1.48. The lowest BCUT2D eigenvalue weighted by molar-refractivity contribution is 0.103. The maximum Gasteiger partial charge on any atom is 0.193 e. The summed E-state index contributed by atoms with van der Waals surface area (Å²) in [6, 6.07) is 51.6. The van der Waals surface area contributed by atoms with E-state index in [0.717, 1.165) is 27.9 Å². The number of carbonyl (C=O) groups is 1. The van der Waals surface area contributed by atoms with Crippen LogP contribution < -0.4 is 0 Å². The predicted octanol–water partition coefficient (Wildman–Crippen LogP) is 9.63. The Morgan fingerprint density at radius 2 is 1.10 bits per heavy atom. The van der Waals surface area contributed by atoms with Crippen molar-refractivity contribution < 1.29 is 4.79 Å². The number of rotatable bonds is 5. The molecule has 0 fully saturated rings. The summed E-state index contributed by atoms with van der Waals surface area (Å²) in [4.78, 5) is 13.5. The highest BCUT2D eigenvalue weighted by Gasteiger charge is 2.21. The van der Waals surface area contributed by atoms with Crippen LogP contribution in [0.15, 0.2) is 158 Å². The maximum atomic E-state index is 13.5. The average molecular weight is 539 g/mol. The molecule has 0 radical (unpaired) electrons. The van der Waals surface area contributed by atoms with Gasteiger partial charge in [-0.1, -0.05) is 121 Å². The summed E-state index contributed by atoms with van der Waals surface area (Å²) in [5, 5.41) is 3.53. The van der Waals surface area contributed by atoms with Gasteiger partial charge < -0.3 is 9.13 Å². The number of fused-ring (bicyclic) bond motifs is 5. The molecule has 0 aliphatic rings. The number of aromatic nitrogens is 2. The first-order valence-corrected chi connectivity index (χ1v) is 14.2. The van der Waals surface area contributed by atoms with E-state index in [1.807, 2.05) is 48.5 Å². The molecule has 2 aromatic heterocycles. The molecule has 3 heteroatoms. The van der Waals surface area contributed by atoms with Crippen molar-refractivity contribution in [3.8, 4) is 22.5 Å². The normalized spacial score (nSPS) is 11.4. The van der Waals surface area contributed by atoms with Gasteiger partial charge in [-0.05, 0) is 35.9 Å². The highest BCUT2D eigenvalue weighted by molar-refractivity contribution is 6.20. The molecular weight excluding hydrogens is 512 g/mol. The minimum Gasteiger partial charge on any atom is -0.314 e. The number of para-hydroxylation sites is 2. The molecule has 42 heavy (non-hydrogen) atoms. The first-order chi connectivity index (χ1) is 20.8. The van der Waals surface area contributed by atoms with Gasteiger partial charge in [-0.25, -0.2) is 0 Å². The molecule has 3 nitrogen and oxygen atoms in total. The molecule has 8 rings (SSSR count). The van der Waals surface area contributed by atoms with E-state index in [0.29, 0.717) is 11.1 Å². The van der Waals surface area contributed by atoms with Crippen molar-refractivity contribution >= 4 is 38.5 Å². The van der Waals surface area contributed by atoms with Crippen LogP contribution in [0.2, 0.25) is 0 Å². The largest absolute Gasteiger partial charge is 0.314 e. The fraction of sp³-hybridized carbons (Fsp3) is 0. The summed E-state index contributed by atoms with van der Waals surface area (Å²) in [5.74, 6) is 0.0161. The number of benzene rings is 6. The molecule has 0 unspecified atom stereocenters. The molecule has 0 saturated heterocycles. The highest BCUT2D eigenvalue weighted by atomic mass is 16.1. The summed E-state index contributed by atoms with van der Waals surface area (Å²) in [5.41, 5.74) is 9.12. The zero-order chi connectivity index (χ0) is 28.0. The third-order valence-corrected chi connectivity index (χ3v) is 8.12. The third-order valence-electron chi connectivity index (χ3n) is 8.12. The van der Waals surface area contributed by atoms with Gasteiger partial charge in [0.05, 0.1) is 16.6 Å². The van der Waals surface area contributed by atoms with E-state index in [-0.39, 0.29) is 5.78 Å². The van der Waals surface area contributed by atoms with Gasteiger partial charge >= 0.3 is 0 Å². The van der Waals surface area contributed by atoms with Crippen molar-refractivity contribution in [3.63, 3.8) is 0 Å². The Labute approximate surface area is 243 Å². The SMILES string of the molecule is O=C(c1ccccc1)c1cccc(-n2c3ccccc3c3ccc4c(-c5ccccc5)cn(-c5ccccc5)c4c32)c1. The van der Waals surface area contributed by atoms with E-state index in [1.165, 1.54) is 27.3 Å². The smallest absolute Gasteiger partial charge is 0.193 e. The Kier molecular flexibility index (Phi) is 5.61. The number of hydrogen-bond acceptors (Lipinski definition) is 1. The molecule has 0 amide bonds. The topological polar surface area (TPSA) is 26.9 Å². The molecule has 0 N–H and O–H groups in total. The van der Waals surface area contributed by atoms with Crippen molar-refractivity contribution in [2.45, 2.75) is 0 Å². The Hall–Kier alpha value is -5.67. The molecular formula is C39H26N2O. The van der Waals surface area contributed by atoms with Crippen molar-refractivity contribution in [2.24, 2.45) is 0 Å². The molecule has 0 atom stereocenters. The summed E-state index contributed by atoms with van der Waals surface area (Å²) in [6.07, 6.45) is 2.26. The van der Waals surface area contributed by atoms with Crippen molar-refractivity contribution in [3.05, 3.63) is 169 Å². The lowest BCUT2D eigenvalue weighted by atomic mass is 10.0. The number of ketones is 1. The van der Waals surface area contributed by atoms with Crippen LogP contribution in [0.1, 0.15) is 15.9 Å². The monoisotopic (exact) mass is 538 g/mol. The van der Waals surface area contributed by atoms with Crippen molar-refractivity contribution in [2.75, 3.05) is 0 Å². The van der Waals surface area contributed by atoms with Gasteiger partial charge in [0.1, 0.15) is 0 Å². The molecule has 0 spiro atoms. The van der Waals surface area contributed by atoms with E-state index >= 15 is 0 Å². The van der Waals surface area contributed by atoms with Gasteiger partial charge in [0.15, 0.2) is 5.78 Å². The Morgan fingerprint density at radius 1 is 0.476 bits per heavy atom. The van der Waals surface area contributed by atoms with E-state index in [1.54, 1.807) is 0 Å². The van der Waals surface area contributed by atoms with Crippen LogP contribution >= 0.6 is 0 Å². The van der Waals surface area contributed by atoms with Gasteiger partial charge in [-0.3, -0.25) is 4.79 Å². The van der Waals surface area contributed by atoms with Crippen LogP contribution in [0.5, 0.6) is 0 Å². The minimum atomic E-state index is 0.0161. The van der Waals surface area contributed by atoms with Crippen molar-refractivity contribution in [1.82, 2.24) is 9.13 Å². The summed E-state index contributed by atoms with van der Waals surface area (Å²) >= 11 is 0. The second-order valence-electron chi connectivity index (χ2n) is 10.6. The van der Waals surface area contributed by atoms with E-state index in [4.69, 9.17) is 0 Å². The summed E-state index contributed by atoms with van der Waals surface area (Å²) in [7, 11) is 0. The lowest BCUT2D eigenvalue weighted by Crippen LogP contribution is -2.03. The van der Waals surface area contributed by atoms with Crippen LogP contribution in [-0.2, 0) is 0 Å². The standard InChI is InChI=1S/C39H26N2O/c42-39(28-15-6-2-7-16-28)29-17-12-20-31(25-29)41-36-22-11-10-21-32(36)33-23-24-34-35(27-13-4-1-5-14-27)26-40(37(34)38(33)41)30-18-8-3-9-19-30/h1-26H. The second-order valence-corrected chi connectivity index (χ2v) is 10.6. The van der Waals surface area contributed by atoms with Gasteiger partial charge in [0.25, 0.3) is 0 Å². The van der Waals surface area contributed by atoms with Crippen LogP contribution in [-0.4, -0.2) is 14.9 Å². The molecule has 0 aliphatic heterocycles. The fourth-order valence-corrected chi connectivity index (χ4v) is 6.22. The first kappa shape index (κ1) is 24.2. The van der Waals surface area contributed by atoms with Gasteiger partial charge in [0.2, 0.25) is 0 Å². The van der Waals surface area contributed by atoms with Crippen molar-refractivity contribution in [1.29, 1.82) is 0 Å². The molecule has 0 bridgehead atoms. The Morgan fingerprint density at radius 3 is 1.88 bits per heavy atom. The van der Waals surface area contributed by atoms with Crippen LogP contribution in [0.4, 0.5) is 0 Å². The molecule has 0 aliphatic carbocycles. The first-order valence-electron chi connectivity index (χ1n) is 14.2. The number of hydrogen-bond donors (Lipinski definition) is 0. The quantitative estimate of drug-likeness (QED) is 0.200. The van der Waals surface area contributed by atoms with Crippen LogP contribution in [0.25, 0.3) is 55.2 Å². The molecule has 8 aromatic rings. The van der Waals surface area contributed by atoms with Crippen LogP contribution in [0, 0.1) is 0 Å². The van der Waals surface area contributed by atoms with Crippen LogP contribution in [0.3, 0.4) is 0 Å². The van der Waals surface area contributed by atoms with Gasteiger partial charge in [0, 0.05) is 50.4 Å². The second kappa shape index (κ2) is 9.76. The predicted molar refractivity (Wildman–Crippen MR) is 173 cm³/mol. The zero-order valence-electron chi connectivity index (χ0n) is 22.8. The number of carbonyl (C=O) groups excluding carboxylic acids is 1. The van der Waals surface area contributed by atoms with E-state index in [2.05, 4.69) is 118 Å². The third kappa shape index (κ3) is 3.79. The summed E-state index contributed by atoms with van der Waals surface area (Å²) < 4.78 is 4.64. The molecule has 198 valence electrons. The van der Waals surface area contributed by atoms with E-state index in [9.17, 15) is 4.79 Å². The van der Waals surface area contributed by atoms with E-state index < -0.39 is 0 Å².